The zero-order valence-corrected chi connectivity index (χ0v) is 15.8. The molecule has 0 aromatic heterocycles. The first kappa shape index (κ1) is 19.4. The summed E-state index contributed by atoms with van der Waals surface area (Å²) in [5.74, 6) is 0. The van der Waals surface area contributed by atoms with Crippen LogP contribution in [0, 0.1) is 21.4 Å². The number of alkyl halides is 2. The van der Waals surface area contributed by atoms with E-state index in [4.69, 9.17) is 10.00 Å². The smallest absolute Gasteiger partial charge is 0.408 e. The first-order valence-corrected chi connectivity index (χ1v) is 8.08. The number of nitriles is 1. The summed E-state index contributed by atoms with van der Waals surface area (Å²) < 4.78 is 3.31. The van der Waals surface area contributed by atoms with Crippen molar-refractivity contribution in [3.05, 3.63) is 45.5 Å². The topological polar surface area (TPSA) is 105 Å². The standard InChI is InChI=1S/C14H15Br2N3O4/c1-13(2,3)23-12(20)18-11(14(15,16)19(21)22)10-6-4-9(8-17)5-7-10/h4-7,11H,1-3H3,(H,18,20). The number of nitrogens with one attached hydrogen (secondary N) is 1. The van der Waals surface area contributed by atoms with Crippen LogP contribution in [0.2, 0.25) is 0 Å². The third-order valence-electron chi connectivity index (χ3n) is 2.62. The lowest BCUT2D eigenvalue weighted by atomic mass is 10.1. The predicted octanol–water partition coefficient (Wildman–Crippen LogP) is 3.84. The summed E-state index contributed by atoms with van der Waals surface area (Å²) in [7, 11) is 0. The highest BCUT2D eigenvalue weighted by Crippen LogP contribution is 2.40. The third-order valence-corrected chi connectivity index (χ3v) is 4.12. The molecule has 0 bridgehead atoms. The fraction of sp³-hybridized carbons (Fsp3) is 0.429. The average molecular weight is 449 g/mol. The van der Waals surface area contributed by atoms with Crippen LogP contribution in [0.5, 0.6) is 0 Å². The maximum atomic E-state index is 12.0. The number of hydrogen-bond acceptors (Lipinski definition) is 5. The molecule has 1 amide bonds. The lowest BCUT2D eigenvalue weighted by Gasteiger charge is -2.27. The fourth-order valence-corrected chi connectivity index (χ4v) is 2.41. The van der Waals surface area contributed by atoms with E-state index in [2.05, 4.69) is 37.2 Å². The summed E-state index contributed by atoms with van der Waals surface area (Å²) >= 11 is 5.95. The van der Waals surface area contributed by atoms with Crippen LogP contribution in [0.3, 0.4) is 0 Å². The van der Waals surface area contributed by atoms with E-state index in [1.165, 1.54) is 24.3 Å². The second-order valence-corrected chi connectivity index (χ2v) is 9.14. The van der Waals surface area contributed by atoms with Crippen molar-refractivity contribution in [2.45, 2.75) is 35.8 Å². The monoisotopic (exact) mass is 447 g/mol. The minimum absolute atomic E-state index is 0.403. The molecular weight excluding hydrogens is 434 g/mol. The molecular formula is C14H15Br2N3O4. The fourth-order valence-electron chi connectivity index (χ4n) is 1.65. The molecule has 7 nitrogen and oxygen atoms in total. The highest BCUT2D eigenvalue weighted by atomic mass is 79.9. The molecule has 0 aliphatic heterocycles. The number of carbonyl (C=O) groups is 1. The van der Waals surface area contributed by atoms with Gasteiger partial charge in [-0.25, -0.2) is 4.79 Å². The highest BCUT2D eigenvalue weighted by Gasteiger charge is 2.48. The Labute approximate surface area is 150 Å². The first-order valence-electron chi connectivity index (χ1n) is 6.49. The molecule has 1 aromatic carbocycles. The van der Waals surface area contributed by atoms with E-state index in [0.717, 1.165) is 0 Å². The molecule has 1 aromatic rings. The number of carbonyl (C=O) groups excluding carboxylic acids is 1. The second kappa shape index (κ2) is 7.27. The Bertz CT molecular complexity index is 633. The minimum Gasteiger partial charge on any atom is -0.444 e. The molecule has 1 unspecified atom stereocenters. The van der Waals surface area contributed by atoms with Crippen LogP contribution < -0.4 is 5.32 Å². The van der Waals surface area contributed by atoms with E-state index in [1.54, 1.807) is 20.8 Å². The van der Waals surface area contributed by atoms with Gasteiger partial charge in [-0.2, -0.15) is 5.26 Å². The Morgan fingerprint density at radius 1 is 1.35 bits per heavy atom. The molecule has 9 heteroatoms. The Kier molecular flexibility index (Phi) is 6.13. The van der Waals surface area contributed by atoms with E-state index >= 15 is 0 Å². The number of nitro groups is 1. The van der Waals surface area contributed by atoms with Gasteiger partial charge in [0.1, 0.15) is 11.6 Å². The van der Waals surface area contributed by atoms with Crippen molar-refractivity contribution in [2.75, 3.05) is 0 Å². The summed E-state index contributed by atoms with van der Waals surface area (Å²) in [6, 6.07) is 6.96. The van der Waals surface area contributed by atoms with Gasteiger partial charge in [0.15, 0.2) is 0 Å². The Morgan fingerprint density at radius 3 is 2.26 bits per heavy atom. The number of rotatable bonds is 4. The summed E-state index contributed by atoms with van der Waals surface area (Å²) in [5, 5.41) is 22.6. The van der Waals surface area contributed by atoms with Gasteiger partial charge in [0, 0.05) is 31.9 Å². The molecule has 0 saturated carbocycles. The van der Waals surface area contributed by atoms with Gasteiger partial charge < -0.3 is 10.1 Å². The molecule has 23 heavy (non-hydrogen) atoms. The predicted molar refractivity (Wildman–Crippen MR) is 90.8 cm³/mol. The van der Waals surface area contributed by atoms with Crippen molar-refractivity contribution in [3.63, 3.8) is 0 Å². The van der Waals surface area contributed by atoms with E-state index in [1.807, 2.05) is 6.07 Å². The molecule has 0 aliphatic rings. The van der Waals surface area contributed by atoms with Gasteiger partial charge >= 0.3 is 9.45 Å². The van der Waals surface area contributed by atoms with Crippen LogP contribution >= 0.6 is 31.9 Å². The van der Waals surface area contributed by atoms with Crippen LogP contribution in [0.15, 0.2) is 24.3 Å². The molecule has 0 heterocycles. The molecule has 0 radical (unpaired) electrons. The van der Waals surface area contributed by atoms with Gasteiger partial charge in [-0.1, -0.05) is 12.1 Å². The molecule has 1 N–H and O–H groups in total. The van der Waals surface area contributed by atoms with Gasteiger partial charge in [-0.3, -0.25) is 10.1 Å². The quantitative estimate of drug-likeness (QED) is 0.326. The molecule has 1 rings (SSSR count). The number of ether oxygens (including phenoxy) is 1. The van der Waals surface area contributed by atoms with Gasteiger partial charge in [0.2, 0.25) is 0 Å². The Hall–Kier alpha value is -1.66. The summed E-state index contributed by atoms with van der Waals surface area (Å²) in [6.07, 6.45) is -0.794. The number of amides is 1. The number of halogens is 2. The Balaban J connectivity index is 3.14. The van der Waals surface area contributed by atoms with Crippen LogP contribution in [-0.2, 0) is 4.74 Å². The lowest BCUT2D eigenvalue weighted by Crippen LogP contribution is -2.44. The zero-order chi connectivity index (χ0) is 17.8. The molecule has 0 fully saturated rings. The zero-order valence-electron chi connectivity index (χ0n) is 12.7. The van der Waals surface area contributed by atoms with Crippen LogP contribution in [-0.4, -0.2) is 20.0 Å². The third kappa shape index (κ3) is 5.48. The van der Waals surface area contributed by atoms with E-state index in [9.17, 15) is 14.9 Å². The largest absolute Gasteiger partial charge is 0.444 e. The van der Waals surface area contributed by atoms with Crippen molar-refractivity contribution in [3.8, 4) is 6.07 Å². The SMILES string of the molecule is CC(C)(C)OC(=O)NC(c1ccc(C#N)cc1)C(Br)(Br)[N+](=O)[O-]. The number of benzene rings is 1. The van der Waals surface area contributed by atoms with Crippen LogP contribution in [0.25, 0.3) is 0 Å². The molecule has 0 saturated heterocycles. The van der Waals surface area contributed by atoms with Crippen molar-refractivity contribution >= 4 is 38.0 Å². The van der Waals surface area contributed by atoms with Crippen LogP contribution in [0.4, 0.5) is 4.79 Å². The van der Waals surface area contributed by atoms with Crippen molar-refractivity contribution in [1.82, 2.24) is 5.32 Å². The maximum absolute atomic E-state index is 12.0. The van der Waals surface area contributed by atoms with Gasteiger partial charge in [-0.05, 0) is 38.5 Å². The van der Waals surface area contributed by atoms with Gasteiger partial charge in [0.25, 0.3) is 0 Å². The van der Waals surface area contributed by atoms with Crippen molar-refractivity contribution < 1.29 is 14.5 Å². The number of alkyl carbamates (subject to hydrolysis) is 1. The average Bonchev–Trinajstić information content (AvgIpc) is 2.42. The van der Waals surface area contributed by atoms with Crippen molar-refractivity contribution in [1.29, 1.82) is 5.26 Å². The van der Waals surface area contributed by atoms with E-state index < -0.39 is 26.0 Å². The maximum Gasteiger partial charge on any atom is 0.408 e. The number of hydrogen-bond donors (Lipinski definition) is 1. The summed E-state index contributed by atoms with van der Waals surface area (Å²) in [6.45, 7) is 5.06. The highest BCUT2D eigenvalue weighted by molar-refractivity contribution is 9.25. The van der Waals surface area contributed by atoms with Gasteiger partial charge in [-0.15, -0.1) is 0 Å². The summed E-state index contributed by atoms with van der Waals surface area (Å²) in [4.78, 5) is 22.7. The molecule has 0 aliphatic carbocycles. The summed E-state index contributed by atoms with van der Waals surface area (Å²) in [5.41, 5.74) is 0.0933. The molecule has 124 valence electrons. The van der Waals surface area contributed by atoms with Crippen molar-refractivity contribution in [2.24, 2.45) is 0 Å². The van der Waals surface area contributed by atoms with E-state index in [-0.39, 0.29) is 0 Å². The number of nitrogens with zero attached hydrogens (tertiary/aromatic N) is 2. The lowest BCUT2D eigenvalue weighted by molar-refractivity contribution is -0.509. The minimum atomic E-state index is -1.83. The second-order valence-electron chi connectivity index (χ2n) is 5.66. The normalized spacial score (nSPS) is 12.9. The van der Waals surface area contributed by atoms with Crippen LogP contribution in [0.1, 0.15) is 37.9 Å². The molecule has 1 atom stereocenters. The Morgan fingerprint density at radius 2 is 1.87 bits per heavy atom. The van der Waals surface area contributed by atoms with E-state index in [0.29, 0.717) is 11.1 Å². The van der Waals surface area contributed by atoms with Gasteiger partial charge in [0.05, 0.1) is 16.6 Å². The molecule has 0 spiro atoms. The first-order chi connectivity index (χ1) is 10.5.